The summed E-state index contributed by atoms with van der Waals surface area (Å²) in [6.07, 6.45) is 1.04. The Balaban J connectivity index is 2.40. The molecule has 0 aromatic heterocycles. The number of nitrogens with zero attached hydrogens (tertiary/aromatic N) is 1. The van der Waals surface area contributed by atoms with E-state index >= 15 is 0 Å². The third-order valence-electron chi connectivity index (χ3n) is 3.35. The zero-order valence-electron chi connectivity index (χ0n) is 13.4. The highest BCUT2D eigenvalue weighted by molar-refractivity contribution is 7.93. The summed E-state index contributed by atoms with van der Waals surface area (Å²) in [5.74, 6) is 0.533. The van der Waals surface area contributed by atoms with Gasteiger partial charge in [-0.2, -0.15) is 0 Å². The van der Waals surface area contributed by atoms with Gasteiger partial charge < -0.3 is 4.74 Å². The van der Waals surface area contributed by atoms with Crippen molar-refractivity contribution in [2.24, 2.45) is 0 Å². The van der Waals surface area contributed by atoms with Crippen molar-refractivity contribution in [2.45, 2.75) is 4.90 Å². The average molecular weight is 370 g/mol. The molecule has 0 atom stereocenters. The smallest absolute Gasteiger partial charge is 0.261 e. The average Bonchev–Trinajstić information content (AvgIpc) is 2.53. The lowest BCUT2D eigenvalue weighted by atomic mass is 10.3. The summed E-state index contributed by atoms with van der Waals surface area (Å²) in [5, 5.41) is 0. The number of para-hydroxylation sites is 2. The second-order valence-electron chi connectivity index (χ2n) is 5.03. The fourth-order valence-corrected chi connectivity index (χ4v) is 3.56. The van der Waals surface area contributed by atoms with E-state index in [1.807, 2.05) is 0 Å². The molecule has 2 rings (SSSR count). The first kappa shape index (κ1) is 18.1. The molecular formula is C15H18N2O5S2. The van der Waals surface area contributed by atoms with Crippen molar-refractivity contribution in [3.63, 3.8) is 0 Å². The van der Waals surface area contributed by atoms with Crippen LogP contribution in [0.5, 0.6) is 5.75 Å². The van der Waals surface area contributed by atoms with Gasteiger partial charge in [-0.1, -0.05) is 12.1 Å². The van der Waals surface area contributed by atoms with Gasteiger partial charge in [-0.15, -0.1) is 0 Å². The maximum atomic E-state index is 12.5. The quantitative estimate of drug-likeness (QED) is 0.838. The Morgan fingerprint density at radius 1 is 0.958 bits per heavy atom. The normalized spacial score (nSPS) is 11.8. The first-order valence-electron chi connectivity index (χ1n) is 6.85. The van der Waals surface area contributed by atoms with E-state index in [1.165, 1.54) is 50.6 Å². The second kappa shape index (κ2) is 6.70. The van der Waals surface area contributed by atoms with Crippen LogP contribution in [0.2, 0.25) is 0 Å². The van der Waals surface area contributed by atoms with Crippen molar-refractivity contribution in [1.82, 2.24) is 0 Å². The first-order chi connectivity index (χ1) is 11.1. The summed E-state index contributed by atoms with van der Waals surface area (Å²) in [4.78, 5) is 0.0418. The summed E-state index contributed by atoms with van der Waals surface area (Å²) in [6, 6.07) is 12.1. The minimum absolute atomic E-state index is 0.0418. The van der Waals surface area contributed by atoms with E-state index in [4.69, 9.17) is 4.74 Å². The van der Waals surface area contributed by atoms with E-state index in [2.05, 4.69) is 4.72 Å². The molecule has 2 aromatic carbocycles. The number of nitrogens with one attached hydrogen (secondary N) is 1. The Morgan fingerprint density at radius 2 is 1.54 bits per heavy atom. The van der Waals surface area contributed by atoms with E-state index in [1.54, 1.807) is 12.1 Å². The number of hydrogen-bond donors (Lipinski definition) is 1. The molecule has 0 heterocycles. The molecule has 0 aliphatic heterocycles. The summed E-state index contributed by atoms with van der Waals surface area (Å²) >= 11 is 0. The lowest BCUT2D eigenvalue weighted by Crippen LogP contribution is -2.26. The number of anilines is 2. The lowest BCUT2D eigenvalue weighted by Gasteiger charge is -2.20. The molecule has 0 bridgehead atoms. The number of sulfonamides is 2. The number of ether oxygens (including phenoxy) is 1. The van der Waals surface area contributed by atoms with Crippen LogP contribution >= 0.6 is 0 Å². The van der Waals surface area contributed by atoms with Crippen molar-refractivity contribution in [3.8, 4) is 5.75 Å². The minimum Gasteiger partial charge on any atom is -0.497 e. The molecule has 0 unspecified atom stereocenters. The maximum Gasteiger partial charge on any atom is 0.261 e. The molecule has 0 saturated carbocycles. The largest absolute Gasteiger partial charge is 0.497 e. The van der Waals surface area contributed by atoms with Crippen LogP contribution in [0.1, 0.15) is 0 Å². The monoisotopic (exact) mass is 370 g/mol. The van der Waals surface area contributed by atoms with Gasteiger partial charge in [-0.25, -0.2) is 16.8 Å². The van der Waals surface area contributed by atoms with Crippen molar-refractivity contribution in [2.75, 3.05) is 29.4 Å². The highest BCUT2D eigenvalue weighted by Crippen LogP contribution is 2.28. The summed E-state index contributed by atoms with van der Waals surface area (Å²) in [7, 11) is -4.55. The Morgan fingerprint density at radius 3 is 2.08 bits per heavy atom. The molecule has 0 fully saturated rings. The van der Waals surface area contributed by atoms with Gasteiger partial charge in [0.25, 0.3) is 10.0 Å². The zero-order chi connectivity index (χ0) is 18.0. The van der Waals surface area contributed by atoms with Gasteiger partial charge in [0.1, 0.15) is 5.75 Å². The molecule has 0 amide bonds. The van der Waals surface area contributed by atoms with E-state index in [0.717, 1.165) is 10.6 Å². The summed E-state index contributed by atoms with van der Waals surface area (Å²) in [5.41, 5.74) is 0.401. The van der Waals surface area contributed by atoms with Crippen LogP contribution < -0.4 is 13.8 Å². The van der Waals surface area contributed by atoms with Crippen LogP contribution in [0.4, 0.5) is 11.4 Å². The van der Waals surface area contributed by atoms with Crippen LogP contribution in [-0.2, 0) is 20.0 Å². The zero-order valence-corrected chi connectivity index (χ0v) is 15.1. The minimum atomic E-state index is -3.87. The van der Waals surface area contributed by atoms with E-state index in [-0.39, 0.29) is 16.3 Å². The molecule has 0 aliphatic carbocycles. The molecule has 9 heteroatoms. The maximum absolute atomic E-state index is 12.5. The second-order valence-corrected chi connectivity index (χ2v) is 8.72. The third-order valence-corrected chi connectivity index (χ3v) is 5.93. The van der Waals surface area contributed by atoms with Gasteiger partial charge in [0, 0.05) is 7.05 Å². The van der Waals surface area contributed by atoms with Crippen LogP contribution in [0.15, 0.2) is 53.4 Å². The van der Waals surface area contributed by atoms with Gasteiger partial charge in [0.15, 0.2) is 0 Å². The van der Waals surface area contributed by atoms with Crippen LogP contribution in [0.25, 0.3) is 0 Å². The molecule has 0 aliphatic rings. The van der Waals surface area contributed by atoms with Gasteiger partial charge in [0.05, 0.1) is 29.6 Å². The molecule has 130 valence electrons. The van der Waals surface area contributed by atoms with Gasteiger partial charge in [0.2, 0.25) is 10.0 Å². The number of rotatable bonds is 6. The molecule has 0 saturated heterocycles. The summed E-state index contributed by atoms with van der Waals surface area (Å²) in [6.45, 7) is 0. The van der Waals surface area contributed by atoms with E-state index < -0.39 is 20.0 Å². The fraction of sp³-hybridized carbons (Fsp3) is 0.200. The molecule has 2 aromatic rings. The molecule has 0 spiro atoms. The number of hydrogen-bond acceptors (Lipinski definition) is 5. The Labute approximate surface area is 142 Å². The predicted octanol–water partition coefficient (Wildman–Crippen LogP) is 1.89. The molecule has 1 N–H and O–H groups in total. The van der Waals surface area contributed by atoms with Crippen molar-refractivity contribution >= 4 is 31.4 Å². The predicted molar refractivity (Wildman–Crippen MR) is 93.5 cm³/mol. The number of benzene rings is 2. The lowest BCUT2D eigenvalue weighted by molar-refractivity contribution is 0.414. The SMILES string of the molecule is COc1ccc(S(=O)(=O)Nc2ccccc2N(C)S(C)(=O)=O)cc1. The van der Waals surface area contributed by atoms with Crippen molar-refractivity contribution < 1.29 is 21.6 Å². The van der Waals surface area contributed by atoms with E-state index in [9.17, 15) is 16.8 Å². The highest BCUT2D eigenvalue weighted by Gasteiger charge is 2.20. The fourth-order valence-electron chi connectivity index (χ4n) is 1.97. The molecule has 7 nitrogen and oxygen atoms in total. The topological polar surface area (TPSA) is 92.8 Å². The Bertz CT molecular complexity index is 923. The highest BCUT2D eigenvalue weighted by atomic mass is 32.2. The van der Waals surface area contributed by atoms with Gasteiger partial charge in [-0.3, -0.25) is 9.03 Å². The summed E-state index contributed by atoms with van der Waals surface area (Å²) < 4.78 is 56.9. The number of methoxy groups -OCH3 is 1. The van der Waals surface area contributed by atoms with Crippen molar-refractivity contribution in [3.05, 3.63) is 48.5 Å². The third kappa shape index (κ3) is 3.98. The van der Waals surface area contributed by atoms with Crippen molar-refractivity contribution in [1.29, 1.82) is 0 Å². The van der Waals surface area contributed by atoms with E-state index in [0.29, 0.717) is 5.75 Å². The molecule has 0 radical (unpaired) electrons. The first-order valence-corrected chi connectivity index (χ1v) is 10.2. The Kier molecular flexibility index (Phi) is 5.05. The molecular weight excluding hydrogens is 352 g/mol. The molecule has 24 heavy (non-hydrogen) atoms. The Hall–Kier alpha value is -2.26. The van der Waals surface area contributed by atoms with Gasteiger partial charge >= 0.3 is 0 Å². The standard InChI is InChI=1S/C15H18N2O5S2/c1-17(23(3,18)19)15-7-5-4-6-14(15)16-24(20,21)13-10-8-12(22-2)9-11-13/h4-11,16H,1-3H3. The van der Waals surface area contributed by atoms with Crippen LogP contribution in [0.3, 0.4) is 0 Å². The van der Waals surface area contributed by atoms with Crippen LogP contribution in [-0.4, -0.2) is 37.2 Å². The van der Waals surface area contributed by atoms with Crippen LogP contribution in [0, 0.1) is 0 Å². The van der Waals surface area contributed by atoms with Gasteiger partial charge in [-0.05, 0) is 36.4 Å².